The summed E-state index contributed by atoms with van der Waals surface area (Å²) in [6.45, 7) is 5.00. The van der Waals surface area contributed by atoms with Crippen LogP contribution in [0.15, 0.2) is 48.5 Å². The highest BCUT2D eigenvalue weighted by atomic mass is 16.5. The fourth-order valence-corrected chi connectivity index (χ4v) is 2.96. The maximum absolute atomic E-state index is 12.3. The number of hydrogen-bond donors (Lipinski definition) is 1. The molecule has 152 valence electrons. The molecule has 5 heteroatoms. The third kappa shape index (κ3) is 6.49. The molecular weight excluding hydrogens is 364 g/mol. The zero-order chi connectivity index (χ0) is 20.8. The van der Waals surface area contributed by atoms with Crippen LogP contribution in [-0.2, 0) is 4.79 Å². The topological polar surface area (TPSA) is 58.6 Å². The lowest BCUT2D eigenvalue weighted by atomic mass is 10.1. The SMILES string of the molecule is Cc1cc(C)cc(OCCN(C)C(=O)/C=C/c2ccc(C(=O)NC3CC3)cc2)c1. The van der Waals surface area contributed by atoms with E-state index in [0.717, 1.165) is 35.3 Å². The Morgan fingerprint density at radius 1 is 1.10 bits per heavy atom. The second kappa shape index (κ2) is 9.41. The molecule has 0 radical (unpaired) electrons. The molecule has 0 saturated heterocycles. The first kappa shape index (κ1) is 20.6. The van der Waals surface area contributed by atoms with E-state index < -0.39 is 0 Å². The molecule has 2 aromatic carbocycles. The lowest BCUT2D eigenvalue weighted by Gasteiger charge is -2.16. The van der Waals surface area contributed by atoms with Crippen LogP contribution in [0.4, 0.5) is 0 Å². The molecule has 0 atom stereocenters. The van der Waals surface area contributed by atoms with E-state index in [4.69, 9.17) is 4.74 Å². The number of nitrogens with zero attached hydrogens (tertiary/aromatic N) is 1. The first-order chi connectivity index (χ1) is 13.9. The Morgan fingerprint density at radius 2 is 1.76 bits per heavy atom. The van der Waals surface area contributed by atoms with Crippen LogP contribution in [0.25, 0.3) is 6.08 Å². The van der Waals surface area contributed by atoms with Crippen LogP contribution in [0.5, 0.6) is 5.75 Å². The highest BCUT2D eigenvalue weighted by Gasteiger charge is 2.23. The van der Waals surface area contributed by atoms with E-state index >= 15 is 0 Å². The Hall–Kier alpha value is -3.08. The van der Waals surface area contributed by atoms with Crippen LogP contribution in [0.2, 0.25) is 0 Å². The largest absolute Gasteiger partial charge is 0.492 e. The number of carbonyl (C=O) groups excluding carboxylic acids is 2. The summed E-state index contributed by atoms with van der Waals surface area (Å²) < 4.78 is 5.76. The quantitative estimate of drug-likeness (QED) is 0.696. The van der Waals surface area contributed by atoms with Gasteiger partial charge in [-0.15, -0.1) is 0 Å². The Bertz CT molecular complexity index is 879. The van der Waals surface area contributed by atoms with Crippen LogP contribution in [0.1, 0.15) is 39.9 Å². The Morgan fingerprint density at radius 3 is 2.38 bits per heavy atom. The summed E-state index contributed by atoms with van der Waals surface area (Å²) in [4.78, 5) is 25.9. The molecule has 0 heterocycles. The highest BCUT2D eigenvalue weighted by Crippen LogP contribution is 2.19. The number of nitrogens with one attached hydrogen (secondary N) is 1. The molecule has 5 nitrogen and oxygen atoms in total. The Balaban J connectivity index is 1.45. The fourth-order valence-electron chi connectivity index (χ4n) is 2.96. The van der Waals surface area contributed by atoms with Gasteiger partial charge in [-0.2, -0.15) is 0 Å². The number of carbonyl (C=O) groups is 2. The Labute approximate surface area is 172 Å². The second-order valence-corrected chi connectivity index (χ2v) is 7.63. The van der Waals surface area contributed by atoms with Crippen molar-refractivity contribution < 1.29 is 14.3 Å². The van der Waals surface area contributed by atoms with Gasteiger partial charge in [0.15, 0.2) is 0 Å². The van der Waals surface area contributed by atoms with Crippen molar-refractivity contribution in [2.24, 2.45) is 0 Å². The molecule has 0 unspecified atom stereocenters. The van der Waals surface area contributed by atoms with Gasteiger partial charge in [0.2, 0.25) is 5.91 Å². The predicted octanol–water partition coefficient (Wildman–Crippen LogP) is 3.75. The Kier molecular flexibility index (Phi) is 6.70. The van der Waals surface area contributed by atoms with E-state index in [1.165, 1.54) is 6.08 Å². The molecule has 0 spiro atoms. The number of hydrogen-bond acceptors (Lipinski definition) is 3. The maximum Gasteiger partial charge on any atom is 0.251 e. The van der Waals surface area contributed by atoms with Gasteiger partial charge >= 0.3 is 0 Å². The molecule has 1 N–H and O–H groups in total. The van der Waals surface area contributed by atoms with Gasteiger partial charge in [0.05, 0.1) is 6.54 Å². The van der Waals surface area contributed by atoms with E-state index in [2.05, 4.69) is 11.4 Å². The van der Waals surface area contributed by atoms with Gasteiger partial charge in [-0.1, -0.05) is 18.2 Å². The van der Waals surface area contributed by atoms with Crippen molar-refractivity contribution in [1.82, 2.24) is 10.2 Å². The summed E-state index contributed by atoms with van der Waals surface area (Å²) in [6, 6.07) is 13.7. The molecule has 1 aliphatic carbocycles. The van der Waals surface area contributed by atoms with Crippen molar-refractivity contribution in [2.75, 3.05) is 20.2 Å². The minimum atomic E-state index is -0.0930. The van der Waals surface area contributed by atoms with Crippen LogP contribution in [-0.4, -0.2) is 43.0 Å². The number of ether oxygens (including phenoxy) is 1. The van der Waals surface area contributed by atoms with Crippen molar-refractivity contribution in [2.45, 2.75) is 32.7 Å². The van der Waals surface area contributed by atoms with Crippen LogP contribution in [0.3, 0.4) is 0 Å². The molecule has 0 aliphatic heterocycles. The van der Waals surface area contributed by atoms with Gasteiger partial charge in [0.1, 0.15) is 12.4 Å². The number of amides is 2. The van der Waals surface area contributed by atoms with Crippen molar-refractivity contribution in [3.63, 3.8) is 0 Å². The average molecular weight is 392 g/mol. The minimum Gasteiger partial charge on any atom is -0.492 e. The second-order valence-electron chi connectivity index (χ2n) is 7.63. The fraction of sp³-hybridized carbons (Fsp3) is 0.333. The summed E-state index contributed by atoms with van der Waals surface area (Å²) in [5.74, 6) is 0.692. The summed E-state index contributed by atoms with van der Waals surface area (Å²) in [5, 5.41) is 2.96. The lowest BCUT2D eigenvalue weighted by Crippen LogP contribution is -2.29. The van der Waals surface area contributed by atoms with E-state index in [1.807, 2.05) is 38.1 Å². The smallest absolute Gasteiger partial charge is 0.251 e. The zero-order valence-corrected chi connectivity index (χ0v) is 17.3. The molecule has 0 aromatic heterocycles. The standard InChI is InChI=1S/C24H28N2O3/c1-17-14-18(2)16-22(15-17)29-13-12-26(3)23(27)11-6-19-4-7-20(8-5-19)24(28)25-21-9-10-21/h4-8,11,14-16,21H,9-10,12-13H2,1-3H3,(H,25,28)/b11-6+. The third-order valence-electron chi connectivity index (χ3n) is 4.77. The third-order valence-corrected chi connectivity index (χ3v) is 4.77. The van der Waals surface area contributed by atoms with E-state index in [-0.39, 0.29) is 11.8 Å². The highest BCUT2D eigenvalue weighted by molar-refractivity contribution is 5.95. The number of benzene rings is 2. The molecule has 1 saturated carbocycles. The summed E-state index contributed by atoms with van der Waals surface area (Å²) >= 11 is 0. The number of rotatable bonds is 8. The molecule has 3 rings (SSSR count). The van der Waals surface area contributed by atoms with Crippen molar-refractivity contribution in [1.29, 1.82) is 0 Å². The van der Waals surface area contributed by atoms with Crippen molar-refractivity contribution in [3.8, 4) is 5.75 Å². The molecule has 0 bridgehead atoms. The molecule has 29 heavy (non-hydrogen) atoms. The minimum absolute atomic E-state index is 0.0392. The molecule has 2 amide bonds. The predicted molar refractivity (Wildman–Crippen MR) is 115 cm³/mol. The van der Waals surface area contributed by atoms with Gasteiger partial charge in [-0.3, -0.25) is 9.59 Å². The lowest BCUT2D eigenvalue weighted by molar-refractivity contribution is -0.125. The summed E-state index contributed by atoms with van der Waals surface area (Å²) in [5.41, 5.74) is 3.83. The molecule has 1 fully saturated rings. The van der Waals surface area contributed by atoms with Crippen LogP contribution < -0.4 is 10.1 Å². The maximum atomic E-state index is 12.3. The summed E-state index contributed by atoms with van der Waals surface area (Å²) in [7, 11) is 1.75. The van der Waals surface area contributed by atoms with E-state index in [0.29, 0.717) is 24.8 Å². The number of aryl methyl sites for hydroxylation is 2. The van der Waals surface area contributed by atoms with Gasteiger partial charge in [-0.25, -0.2) is 0 Å². The van der Waals surface area contributed by atoms with Gasteiger partial charge in [0.25, 0.3) is 5.91 Å². The summed E-state index contributed by atoms with van der Waals surface area (Å²) in [6.07, 6.45) is 5.43. The first-order valence-corrected chi connectivity index (χ1v) is 9.96. The zero-order valence-electron chi connectivity index (χ0n) is 17.3. The normalized spacial score (nSPS) is 13.3. The number of likely N-dealkylation sites (N-methyl/N-ethyl adjacent to an activating group) is 1. The van der Waals surface area contributed by atoms with Crippen LogP contribution >= 0.6 is 0 Å². The van der Waals surface area contributed by atoms with E-state index in [9.17, 15) is 9.59 Å². The van der Waals surface area contributed by atoms with Gasteiger partial charge in [-0.05, 0) is 73.7 Å². The van der Waals surface area contributed by atoms with Gasteiger partial charge in [0, 0.05) is 24.7 Å². The van der Waals surface area contributed by atoms with Gasteiger partial charge < -0.3 is 15.0 Å². The first-order valence-electron chi connectivity index (χ1n) is 9.96. The van der Waals surface area contributed by atoms with Crippen molar-refractivity contribution >= 4 is 17.9 Å². The van der Waals surface area contributed by atoms with Crippen molar-refractivity contribution in [3.05, 3.63) is 70.8 Å². The average Bonchev–Trinajstić information content (AvgIpc) is 3.49. The monoisotopic (exact) mass is 392 g/mol. The molecule has 1 aliphatic rings. The molecule has 2 aromatic rings. The van der Waals surface area contributed by atoms with E-state index in [1.54, 1.807) is 30.2 Å². The molecular formula is C24H28N2O3. The van der Waals surface area contributed by atoms with Crippen LogP contribution in [0, 0.1) is 13.8 Å².